The van der Waals surface area contributed by atoms with Gasteiger partial charge in [-0.05, 0) is 13.8 Å². The molecule has 3 N–H and O–H groups in total. The highest BCUT2D eigenvalue weighted by Crippen LogP contribution is 2.21. The second-order valence-electron chi connectivity index (χ2n) is 3.44. The van der Waals surface area contributed by atoms with Crippen molar-refractivity contribution in [2.45, 2.75) is 13.8 Å². The van der Waals surface area contributed by atoms with Crippen molar-refractivity contribution in [3.63, 3.8) is 0 Å². The third-order valence-electron chi connectivity index (χ3n) is 2.13. The summed E-state index contributed by atoms with van der Waals surface area (Å²) in [6.07, 6.45) is 2.74. The highest BCUT2D eigenvalue weighted by atomic mass is 32.1. The zero-order chi connectivity index (χ0) is 12.4. The molecule has 6 nitrogen and oxygen atoms in total. The molecule has 0 saturated carbocycles. The Hall–Kier alpha value is -2.02. The Balaban J connectivity index is 2.17. The van der Waals surface area contributed by atoms with E-state index in [9.17, 15) is 4.79 Å². The van der Waals surface area contributed by atoms with Crippen LogP contribution in [0.4, 0.5) is 10.9 Å². The van der Waals surface area contributed by atoms with E-state index in [1.807, 2.05) is 13.8 Å². The number of nitrogens with zero attached hydrogens (tertiary/aromatic N) is 3. The number of nitrogens with two attached hydrogens (primary N) is 1. The summed E-state index contributed by atoms with van der Waals surface area (Å²) in [6.45, 7) is 3.84. The van der Waals surface area contributed by atoms with Gasteiger partial charge >= 0.3 is 0 Å². The molecule has 0 unspecified atom stereocenters. The quantitative estimate of drug-likeness (QED) is 0.838. The van der Waals surface area contributed by atoms with Crippen molar-refractivity contribution in [1.29, 1.82) is 0 Å². The highest BCUT2D eigenvalue weighted by Gasteiger charge is 2.11. The van der Waals surface area contributed by atoms with E-state index in [0.717, 1.165) is 10.6 Å². The van der Waals surface area contributed by atoms with Crippen LogP contribution in [0.3, 0.4) is 0 Å². The van der Waals surface area contributed by atoms with Gasteiger partial charge in [0.1, 0.15) is 11.5 Å². The van der Waals surface area contributed by atoms with E-state index >= 15 is 0 Å². The first-order valence-corrected chi connectivity index (χ1v) is 5.71. The van der Waals surface area contributed by atoms with E-state index in [2.05, 4.69) is 20.3 Å². The van der Waals surface area contributed by atoms with Crippen LogP contribution in [-0.2, 0) is 0 Å². The van der Waals surface area contributed by atoms with Gasteiger partial charge < -0.3 is 5.73 Å². The summed E-state index contributed by atoms with van der Waals surface area (Å²) in [7, 11) is 0. The van der Waals surface area contributed by atoms with Crippen LogP contribution >= 0.6 is 11.3 Å². The Morgan fingerprint density at radius 1 is 1.35 bits per heavy atom. The average molecular weight is 249 g/mol. The van der Waals surface area contributed by atoms with Crippen LogP contribution in [-0.4, -0.2) is 20.9 Å². The fourth-order valence-corrected chi connectivity index (χ4v) is 1.99. The number of nitrogens with one attached hydrogen (secondary N) is 1. The predicted molar refractivity (Wildman–Crippen MR) is 66.0 cm³/mol. The van der Waals surface area contributed by atoms with E-state index in [0.29, 0.717) is 5.13 Å². The van der Waals surface area contributed by atoms with Gasteiger partial charge in [0.15, 0.2) is 5.13 Å². The first-order valence-electron chi connectivity index (χ1n) is 4.89. The lowest BCUT2D eigenvalue weighted by Crippen LogP contribution is -2.14. The van der Waals surface area contributed by atoms with Gasteiger partial charge in [0.25, 0.3) is 5.91 Å². The largest absolute Gasteiger partial charge is 0.382 e. The standard InChI is InChI=1S/C10H11N5OS/c1-5-6(2)17-10(13-5)15-9(16)7-3-12-4-8(11)14-7/h3-4H,1-2H3,(H2,11,14)(H,13,15,16). The molecule has 2 heterocycles. The Morgan fingerprint density at radius 2 is 2.12 bits per heavy atom. The summed E-state index contributed by atoms with van der Waals surface area (Å²) in [6, 6.07) is 0. The zero-order valence-corrected chi connectivity index (χ0v) is 10.2. The van der Waals surface area contributed by atoms with Crippen molar-refractivity contribution >= 4 is 28.2 Å². The number of amides is 1. The first kappa shape index (κ1) is 11.5. The van der Waals surface area contributed by atoms with Gasteiger partial charge in [-0.2, -0.15) is 0 Å². The second-order valence-corrected chi connectivity index (χ2v) is 4.65. The third-order valence-corrected chi connectivity index (χ3v) is 3.12. The van der Waals surface area contributed by atoms with Crippen molar-refractivity contribution in [2.75, 3.05) is 11.1 Å². The number of carbonyl (C=O) groups is 1. The molecule has 0 aliphatic heterocycles. The Labute approximate surface area is 102 Å². The molecule has 17 heavy (non-hydrogen) atoms. The summed E-state index contributed by atoms with van der Waals surface area (Å²) >= 11 is 1.42. The molecule has 0 bridgehead atoms. The molecular weight excluding hydrogens is 238 g/mol. The van der Waals surface area contributed by atoms with Crippen LogP contribution < -0.4 is 11.1 Å². The molecule has 2 aromatic heterocycles. The molecule has 2 aromatic rings. The minimum Gasteiger partial charge on any atom is -0.382 e. The molecule has 88 valence electrons. The first-order chi connectivity index (χ1) is 8.06. The number of anilines is 2. The highest BCUT2D eigenvalue weighted by molar-refractivity contribution is 7.15. The van der Waals surface area contributed by atoms with Crippen molar-refractivity contribution < 1.29 is 4.79 Å². The van der Waals surface area contributed by atoms with E-state index < -0.39 is 0 Å². The van der Waals surface area contributed by atoms with Gasteiger partial charge in [-0.25, -0.2) is 9.97 Å². The number of carbonyl (C=O) groups excluding carboxylic acids is 1. The van der Waals surface area contributed by atoms with Crippen LogP contribution in [0, 0.1) is 13.8 Å². The number of aromatic nitrogens is 3. The van der Waals surface area contributed by atoms with Gasteiger partial charge in [0, 0.05) is 4.88 Å². The molecule has 0 saturated heterocycles. The lowest BCUT2D eigenvalue weighted by molar-refractivity contribution is 0.102. The number of hydrogen-bond donors (Lipinski definition) is 2. The van der Waals surface area contributed by atoms with E-state index in [4.69, 9.17) is 5.73 Å². The molecule has 2 rings (SSSR count). The van der Waals surface area contributed by atoms with Crippen molar-refractivity contribution in [1.82, 2.24) is 15.0 Å². The van der Waals surface area contributed by atoms with E-state index in [1.54, 1.807) is 0 Å². The van der Waals surface area contributed by atoms with Gasteiger partial charge in [-0.1, -0.05) is 0 Å². The number of hydrogen-bond acceptors (Lipinski definition) is 6. The summed E-state index contributed by atoms with van der Waals surface area (Å²) in [5.74, 6) is -0.150. The molecule has 1 amide bonds. The average Bonchev–Trinajstić information content (AvgIpc) is 2.58. The topological polar surface area (TPSA) is 93.8 Å². The molecular formula is C10H11N5OS. The third kappa shape index (κ3) is 2.56. The second kappa shape index (κ2) is 4.46. The minimum atomic E-state index is -0.362. The predicted octanol–water partition coefficient (Wildman–Crippen LogP) is 1.38. The fourth-order valence-electron chi connectivity index (χ4n) is 1.18. The van der Waals surface area contributed by atoms with Gasteiger partial charge in [0.05, 0.1) is 18.1 Å². The van der Waals surface area contributed by atoms with E-state index in [1.165, 1.54) is 23.7 Å². The minimum absolute atomic E-state index is 0.176. The number of thiazole rings is 1. The van der Waals surface area contributed by atoms with Crippen molar-refractivity contribution in [3.8, 4) is 0 Å². The summed E-state index contributed by atoms with van der Waals surface area (Å²) < 4.78 is 0. The Morgan fingerprint density at radius 3 is 2.71 bits per heavy atom. The van der Waals surface area contributed by atoms with Crippen LogP contribution in [0.25, 0.3) is 0 Å². The number of nitrogen functional groups attached to an aromatic ring is 1. The molecule has 7 heteroatoms. The zero-order valence-electron chi connectivity index (χ0n) is 9.39. The van der Waals surface area contributed by atoms with Crippen LogP contribution in [0.5, 0.6) is 0 Å². The lowest BCUT2D eigenvalue weighted by Gasteiger charge is -2.00. The molecule has 0 radical (unpaired) electrons. The summed E-state index contributed by atoms with van der Waals surface area (Å²) in [5, 5.41) is 3.21. The maximum absolute atomic E-state index is 11.8. The molecule has 0 atom stereocenters. The van der Waals surface area contributed by atoms with Gasteiger partial charge in [0.2, 0.25) is 0 Å². The van der Waals surface area contributed by atoms with Crippen molar-refractivity contribution in [3.05, 3.63) is 28.7 Å². The Kier molecular flexibility index (Phi) is 3.01. The maximum Gasteiger partial charge on any atom is 0.277 e. The van der Waals surface area contributed by atoms with Crippen LogP contribution in [0.15, 0.2) is 12.4 Å². The lowest BCUT2D eigenvalue weighted by atomic mass is 10.4. The van der Waals surface area contributed by atoms with Crippen LogP contribution in [0.2, 0.25) is 0 Å². The van der Waals surface area contributed by atoms with E-state index in [-0.39, 0.29) is 17.4 Å². The monoisotopic (exact) mass is 249 g/mol. The SMILES string of the molecule is Cc1nc(NC(=O)c2cncc(N)n2)sc1C. The summed E-state index contributed by atoms with van der Waals surface area (Å²) in [5.41, 5.74) is 6.53. The smallest absolute Gasteiger partial charge is 0.277 e. The van der Waals surface area contributed by atoms with Gasteiger partial charge in [-0.3, -0.25) is 15.1 Å². The molecule has 0 fully saturated rings. The molecule has 0 spiro atoms. The summed E-state index contributed by atoms with van der Waals surface area (Å²) in [4.78, 5) is 24.7. The fraction of sp³-hybridized carbons (Fsp3) is 0.200. The van der Waals surface area contributed by atoms with Crippen LogP contribution in [0.1, 0.15) is 21.1 Å². The molecule has 0 aliphatic rings. The van der Waals surface area contributed by atoms with Crippen molar-refractivity contribution in [2.24, 2.45) is 0 Å². The number of rotatable bonds is 2. The maximum atomic E-state index is 11.8. The number of aryl methyl sites for hydroxylation is 2. The molecule has 0 aromatic carbocycles. The van der Waals surface area contributed by atoms with Gasteiger partial charge in [-0.15, -0.1) is 11.3 Å². The molecule has 0 aliphatic carbocycles. The Bertz CT molecular complexity index is 546. The normalized spacial score (nSPS) is 10.2.